The third kappa shape index (κ3) is 6.78. The van der Waals surface area contributed by atoms with Gasteiger partial charge in [-0.1, -0.05) is 17.7 Å². The molecule has 2 aliphatic heterocycles. The van der Waals surface area contributed by atoms with Crippen LogP contribution in [-0.4, -0.2) is 99.6 Å². The molecule has 0 aromatic heterocycles. The highest BCUT2D eigenvalue weighted by Crippen LogP contribution is 2.55. The van der Waals surface area contributed by atoms with Crippen LogP contribution in [0.4, 0.5) is 18.9 Å². The fourth-order valence-corrected chi connectivity index (χ4v) is 8.30. The summed E-state index contributed by atoms with van der Waals surface area (Å²) in [7, 11) is 0.0136. The van der Waals surface area contributed by atoms with E-state index >= 15 is 4.79 Å². The number of likely N-dealkylation sites (tertiary alicyclic amines) is 1. The van der Waals surface area contributed by atoms with Crippen LogP contribution < -0.4 is 18.5 Å². The number of alkyl halides is 3. The monoisotopic (exact) mass is 755 g/mol. The standard InChI is InChI=1S/C33H33ClF3N3O10S/c1-38(2)30(44)25-15-20(41)17-39(25)32(23-13-18(6-12-29(42)43)5-10-26(23)49-4)22-14-19(34)7-9-24(22)40(31(32)45)51(46,47)28-11-8-21(48-3)16-27(28)50-33(35,36)37/h5,7-11,13-14,16,20,25,41H,6,12,15,17H2,1-4H3,(H,42,43)/t20-,25+,32?/m1/s1. The number of methoxy groups -OCH3 is 2. The number of rotatable bonds is 11. The zero-order valence-corrected chi connectivity index (χ0v) is 29.2. The molecular formula is C33H33ClF3N3O10S. The van der Waals surface area contributed by atoms with Crippen molar-refractivity contribution in [2.75, 3.05) is 39.2 Å². The van der Waals surface area contributed by atoms with E-state index in [9.17, 15) is 41.4 Å². The number of carbonyl (C=O) groups is 3. The number of hydrogen-bond acceptors (Lipinski definition) is 10. The molecule has 2 N–H and O–H groups in total. The number of fused-ring (bicyclic) bond motifs is 1. The molecule has 2 heterocycles. The van der Waals surface area contributed by atoms with Crippen molar-refractivity contribution in [1.82, 2.24) is 9.80 Å². The molecule has 3 atom stereocenters. The van der Waals surface area contributed by atoms with E-state index in [-0.39, 0.29) is 59.1 Å². The van der Waals surface area contributed by atoms with Gasteiger partial charge in [-0.25, -0.2) is 12.7 Å². The summed E-state index contributed by atoms with van der Waals surface area (Å²) in [5.41, 5.74) is -2.42. The minimum atomic E-state index is -5.35. The van der Waals surface area contributed by atoms with Crippen molar-refractivity contribution in [2.24, 2.45) is 0 Å². The second-order valence-corrected chi connectivity index (χ2v) is 14.2. The highest BCUT2D eigenvalue weighted by Gasteiger charge is 2.64. The number of halogens is 4. The van der Waals surface area contributed by atoms with Gasteiger partial charge in [0.15, 0.2) is 11.3 Å². The number of anilines is 1. The van der Waals surface area contributed by atoms with Gasteiger partial charge < -0.3 is 29.3 Å². The van der Waals surface area contributed by atoms with Gasteiger partial charge in [0.2, 0.25) is 5.91 Å². The molecule has 0 bridgehead atoms. The number of benzene rings is 3. The van der Waals surface area contributed by atoms with E-state index in [0.29, 0.717) is 15.9 Å². The summed E-state index contributed by atoms with van der Waals surface area (Å²) in [5, 5.41) is 20.4. The second kappa shape index (κ2) is 13.9. The molecule has 1 unspecified atom stereocenters. The molecule has 13 nitrogen and oxygen atoms in total. The number of β-amino-alcohol motifs (C(OH)–C–C–N with tert-alkyl or cyclic N) is 1. The van der Waals surface area contributed by atoms with E-state index in [1.807, 2.05) is 0 Å². The van der Waals surface area contributed by atoms with Crippen LogP contribution in [0.15, 0.2) is 59.5 Å². The Balaban J connectivity index is 1.88. The molecule has 274 valence electrons. The van der Waals surface area contributed by atoms with Gasteiger partial charge >= 0.3 is 12.3 Å². The normalized spacial score (nSPS) is 20.6. The number of carboxylic acid groups (broad SMARTS) is 1. The zero-order valence-electron chi connectivity index (χ0n) is 27.6. The summed E-state index contributed by atoms with van der Waals surface area (Å²) in [6, 6.07) is 9.51. The molecule has 0 radical (unpaired) electrons. The number of likely N-dealkylation sites (N-methyl/N-ethyl adjacent to an activating group) is 1. The topological polar surface area (TPSA) is 163 Å². The molecule has 5 rings (SSSR count). The van der Waals surface area contributed by atoms with Crippen molar-refractivity contribution < 1.29 is 60.4 Å². The molecule has 0 spiro atoms. The van der Waals surface area contributed by atoms with Gasteiger partial charge in [-0.15, -0.1) is 13.2 Å². The number of hydrogen-bond donors (Lipinski definition) is 2. The van der Waals surface area contributed by atoms with Crippen LogP contribution in [0.25, 0.3) is 0 Å². The van der Waals surface area contributed by atoms with Gasteiger partial charge in [0.1, 0.15) is 16.4 Å². The van der Waals surface area contributed by atoms with E-state index in [1.54, 1.807) is 6.07 Å². The quantitative estimate of drug-likeness (QED) is 0.293. The SMILES string of the molecule is COc1ccc(S(=O)(=O)N2C(=O)C(c3cc(CCC(=O)O)ccc3OC)(N3C[C@H](O)C[C@H]3C(=O)N(C)C)c3cc(Cl)ccc32)c(OC(F)(F)F)c1. The number of carboxylic acids is 1. The minimum absolute atomic E-state index is 0.00980. The largest absolute Gasteiger partial charge is 0.573 e. The predicted molar refractivity (Wildman–Crippen MR) is 175 cm³/mol. The van der Waals surface area contributed by atoms with Crippen LogP contribution in [0.5, 0.6) is 17.2 Å². The van der Waals surface area contributed by atoms with Crippen LogP contribution in [0.2, 0.25) is 5.02 Å². The van der Waals surface area contributed by atoms with Gasteiger partial charge in [-0.3, -0.25) is 19.3 Å². The third-order valence-corrected chi connectivity index (χ3v) is 10.6. The summed E-state index contributed by atoms with van der Waals surface area (Å²) in [4.78, 5) is 42.2. The first-order valence-corrected chi connectivity index (χ1v) is 17.1. The van der Waals surface area contributed by atoms with Crippen LogP contribution in [0, 0.1) is 0 Å². The maximum absolute atomic E-state index is 15.4. The molecule has 1 saturated heterocycles. The summed E-state index contributed by atoms with van der Waals surface area (Å²) in [5.74, 6) is -4.30. The minimum Gasteiger partial charge on any atom is -0.497 e. The Labute approximate surface area is 295 Å². The lowest BCUT2D eigenvalue weighted by molar-refractivity contribution is -0.275. The summed E-state index contributed by atoms with van der Waals surface area (Å²) >= 11 is 6.49. The highest BCUT2D eigenvalue weighted by atomic mass is 35.5. The first-order chi connectivity index (χ1) is 23.9. The average Bonchev–Trinajstić information content (AvgIpc) is 3.56. The van der Waals surface area contributed by atoms with Gasteiger partial charge in [0, 0.05) is 49.3 Å². The number of ether oxygens (including phenoxy) is 3. The number of aliphatic hydroxyl groups excluding tert-OH is 1. The molecule has 18 heteroatoms. The highest BCUT2D eigenvalue weighted by molar-refractivity contribution is 7.93. The van der Waals surface area contributed by atoms with Gasteiger partial charge in [0.05, 0.1) is 32.1 Å². The van der Waals surface area contributed by atoms with E-state index in [4.69, 9.17) is 21.1 Å². The Morgan fingerprint density at radius 3 is 2.33 bits per heavy atom. The Bertz CT molecular complexity index is 1990. The van der Waals surface area contributed by atoms with E-state index in [0.717, 1.165) is 19.2 Å². The Kier molecular flexibility index (Phi) is 10.2. The maximum Gasteiger partial charge on any atom is 0.573 e. The lowest BCUT2D eigenvalue weighted by atomic mass is 9.80. The van der Waals surface area contributed by atoms with E-state index in [1.165, 1.54) is 61.3 Å². The molecule has 2 amide bonds. The predicted octanol–water partition coefficient (Wildman–Crippen LogP) is 3.78. The molecule has 2 aliphatic rings. The van der Waals surface area contributed by atoms with Gasteiger partial charge in [-0.05, 0) is 60.9 Å². The number of sulfonamides is 1. The fraction of sp³-hybridized carbons (Fsp3) is 0.364. The van der Waals surface area contributed by atoms with Gasteiger partial charge in [0.25, 0.3) is 15.9 Å². The fourth-order valence-electron chi connectivity index (χ4n) is 6.57. The van der Waals surface area contributed by atoms with Crippen molar-refractivity contribution in [2.45, 2.75) is 48.2 Å². The summed E-state index contributed by atoms with van der Waals surface area (Å²) in [6.07, 6.45) is -7.09. The lowest BCUT2D eigenvalue weighted by Gasteiger charge is -2.42. The van der Waals surface area contributed by atoms with Crippen LogP contribution in [0.1, 0.15) is 29.5 Å². The number of aliphatic carboxylic acids is 1. The maximum atomic E-state index is 15.4. The number of carbonyl (C=O) groups excluding carboxylic acids is 2. The van der Waals surface area contributed by atoms with Crippen LogP contribution in [0.3, 0.4) is 0 Å². The van der Waals surface area contributed by atoms with E-state index < -0.39 is 62.5 Å². The molecule has 3 aromatic carbocycles. The third-order valence-electron chi connectivity index (χ3n) is 8.67. The zero-order chi connectivity index (χ0) is 37.6. The Morgan fingerprint density at radius 1 is 1.02 bits per heavy atom. The smallest absolute Gasteiger partial charge is 0.497 e. The van der Waals surface area contributed by atoms with Crippen molar-refractivity contribution >= 4 is 45.1 Å². The molecule has 1 fully saturated rings. The average molecular weight is 756 g/mol. The van der Waals surface area contributed by atoms with Crippen molar-refractivity contribution in [3.05, 3.63) is 76.3 Å². The van der Waals surface area contributed by atoms with Crippen molar-refractivity contribution in [3.63, 3.8) is 0 Å². The van der Waals surface area contributed by atoms with Crippen molar-refractivity contribution in [1.29, 1.82) is 0 Å². The first kappa shape index (κ1) is 37.7. The van der Waals surface area contributed by atoms with Gasteiger partial charge in [-0.2, -0.15) is 0 Å². The second-order valence-electron chi connectivity index (χ2n) is 12.0. The van der Waals surface area contributed by atoms with Crippen molar-refractivity contribution in [3.8, 4) is 17.2 Å². The number of aryl methyl sites for hydroxylation is 1. The van der Waals surface area contributed by atoms with Crippen LogP contribution in [-0.2, 0) is 36.4 Å². The first-order valence-electron chi connectivity index (χ1n) is 15.3. The lowest BCUT2D eigenvalue weighted by Crippen LogP contribution is -2.59. The Morgan fingerprint density at radius 2 is 1.73 bits per heavy atom. The summed E-state index contributed by atoms with van der Waals surface area (Å²) in [6.45, 7) is -0.358. The Hall–Kier alpha value is -4.58. The molecule has 51 heavy (non-hydrogen) atoms. The number of amides is 2. The molecular weight excluding hydrogens is 723 g/mol. The molecule has 0 saturated carbocycles. The number of aliphatic hydroxyl groups is 1. The molecule has 3 aromatic rings. The summed E-state index contributed by atoms with van der Waals surface area (Å²) < 4.78 is 85.3. The van der Waals surface area contributed by atoms with E-state index in [2.05, 4.69) is 4.74 Å². The van der Waals surface area contributed by atoms with Crippen LogP contribution >= 0.6 is 11.6 Å². The number of nitrogens with zero attached hydrogens (tertiary/aromatic N) is 3. The molecule has 0 aliphatic carbocycles.